The predicted octanol–water partition coefficient (Wildman–Crippen LogP) is 2.55. The summed E-state index contributed by atoms with van der Waals surface area (Å²) in [5.74, 6) is 2.84. The lowest BCUT2D eigenvalue weighted by Gasteiger charge is -2.22. The first-order valence-corrected chi connectivity index (χ1v) is 6.27. The van der Waals surface area contributed by atoms with Crippen LogP contribution in [-0.2, 0) is 0 Å². The van der Waals surface area contributed by atoms with E-state index in [0.717, 1.165) is 30.9 Å². The summed E-state index contributed by atoms with van der Waals surface area (Å²) in [6, 6.07) is 6.06. The fourth-order valence-electron chi connectivity index (χ4n) is 2.47. The highest BCUT2D eigenvalue weighted by atomic mass is 16.5. The third-order valence-corrected chi connectivity index (χ3v) is 3.59. The molecule has 1 aromatic carbocycles. The Morgan fingerprint density at radius 3 is 3.06 bits per heavy atom. The van der Waals surface area contributed by atoms with Crippen LogP contribution in [0.25, 0.3) is 0 Å². The molecule has 0 saturated carbocycles. The molecular weight excluding hydrogens is 214 g/mol. The van der Waals surface area contributed by atoms with Crippen LogP contribution in [0.15, 0.2) is 18.2 Å². The molecule has 2 unspecified atom stereocenters. The highest BCUT2D eigenvalue weighted by Crippen LogP contribution is 2.39. The lowest BCUT2D eigenvalue weighted by atomic mass is 9.84. The Morgan fingerprint density at radius 1 is 1.53 bits per heavy atom. The molecule has 0 aromatic heterocycles. The van der Waals surface area contributed by atoms with Crippen LogP contribution in [0.3, 0.4) is 0 Å². The smallest absolute Gasteiger partial charge is 0.123 e. The summed E-state index contributed by atoms with van der Waals surface area (Å²) in [7, 11) is 1.70. The lowest BCUT2D eigenvalue weighted by molar-refractivity contribution is 0.314. The van der Waals surface area contributed by atoms with Crippen LogP contribution in [0.4, 0.5) is 0 Å². The van der Waals surface area contributed by atoms with Gasteiger partial charge in [-0.25, -0.2) is 0 Å². The standard InChI is InChI=1S/C14H21NO2/c1-10(9-15)12-4-3-7-17-14-6-5-11(16-2)8-13(12)14/h5-6,8,10,12H,3-4,7,9,15H2,1-2H3. The van der Waals surface area contributed by atoms with Crippen molar-refractivity contribution >= 4 is 0 Å². The highest BCUT2D eigenvalue weighted by Gasteiger charge is 2.24. The minimum absolute atomic E-state index is 0.475. The molecule has 2 rings (SSSR count). The molecule has 0 aliphatic carbocycles. The van der Waals surface area contributed by atoms with Gasteiger partial charge in [-0.3, -0.25) is 0 Å². The van der Waals surface area contributed by atoms with Gasteiger partial charge in [0, 0.05) is 5.56 Å². The molecule has 1 aliphatic heterocycles. The Bertz CT molecular complexity index is 378. The van der Waals surface area contributed by atoms with Gasteiger partial charge >= 0.3 is 0 Å². The second-order valence-corrected chi connectivity index (χ2v) is 4.71. The van der Waals surface area contributed by atoms with Crippen molar-refractivity contribution in [3.63, 3.8) is 0 Å². The Kier molecular flexibility index (Phi) is 3.89. The SMILES string of the molecule is COc1ccc2c(c1)C(C(C)CN)CCCO2. The molecule has 0 fully saturated rings. The predicted molar refractivity (Wildman–Crippen MR) is 68.7 cm³/mol. The monoisotopic (exact) mass is 235 g/mol. The molecule has 0 radical (unpaired) electrons. The van der Waals surface area contributed by atoms with E-state index in [1.807, 2.05) is 12.1 Å². The van der Waals surface area contributed by atoms with Crippen LogP contribution in [0.2, 0.25) is 0 Å². The zero-order valence-electron chi connectivity index (χ0n) is 10.6. The van der Waals surface area contributed by atoms with Crippen LogP contribution >= 0.6 is 0 Å². The number of ether oxygens (including phenoxy) is 2. The average Bonchev–Trinajstić information content (AvgIpc) is 2.59. The van der Waals surface area contributed by atoms with Gasteiger partial charge in [0.1, 0.15) is 11.5 Å². The summed E-state index contributed by atoms with van der Waals surface area (Å²) in [6.45, 7) is 3.72. The maximum atomic E-state index is 5.81. The van der Waals surface area contributed by atoms with Gasteiger partial charge in [-0.15, -0.1) is 0 Å². The van der Waals surface area contributed by atoms with Crippen molar-refractivity contribution in [2.24, 2.45) is 11.7 Å². The average molecular weight is 235 g/mol. The molecule has 3 heteroatoms. The molecule has 1 aliphatic rings. The Morgan fingerprint density at radius 2 is 2.35 bits per heavy atom. The number of rotatable bonds is 3. The van der Waals surface area contributed by atoms with Crippen molar-refractivity contribution in [3.05, 3.63) is 23.8 Å². The quantitative estimate of drug-likeness (QED) is 0.875. The molecule has 0 spiro atoms. The van der Waals surface area contributed by atoms with Crippen molar-refractivity contribution in [1.29, 1.82) is 0 Å². The molecular formula is C14H21NO2. The number of hydrogen-bond acceptors (Lipinski definition) is 3. The zero-order chi connectivity index (χ0) is 12.3. The number of benzene rings is 1. The first kappa shape index (κ1) is 12.2. The van der Waals surface area contributed by atoms with Crippen LogP contribution in [0.1, 0.15) is 31.2 Å². The Hall–Kier alpha value is -1.22. The normalized spacial score (nSPS) is 21.0. The summed E-state index contributed by atoms with van der Waals surface area (Å²) >= 11 is 0. The second-order valence-electron chi connectivity index (χ2n) is 4.71. The van der Waals surface area contributed by atoms with E-state index in [0.29, 0.717) is 18.4 Å². The first-order chi connectivity index (χ1) is 8.26. The van der Waals surface area contributed by atoms with E-state index in [9.17, 15) is 0 Å². The van der Waals surface area contributed by atoms with Gasteiger partial charge in [0.25, 0.3) is 0 Å². The molecule has 94 valence electrons. The van der Waals surface area contributed by atoms with Crippen LogP contribution in [0, 0.1) is 5.92 Å². The number of methoxy groups -OCH3 is 1. The molecule has 0 saturated heterocycles. The topological polar surface area (TPSA) is 44.5 Å². The zero-order valence-corrected chi connectivity index (χ0v) is 10.6. The van der Waals surface area contributed by atoms with Crippen LogP contribution in [-0.4, -0.2) is 20.3 Å². The van der Waals surface area contributed by atoms with Crippen molar-refractivity contribution in [3.8, 4) is 11.5 Å². The summed E-state index contributed by atoms with van der Waals surface area (Å²) in [4.78, 5) is 0. The van der Waals surface area contributed by atoms with Crippen molar-refractivity contribution in [2.45, 2.75) is 25.7 Å². The fraction of sp³-hybridized carbons (Fsp3) is 0.571. The van der Waals surface area contributed by atoms with Crippen LogP contribution in [0.5, 0.6) is 11.5 Å². The lowest BCUT2D eigenvalue weighted by Crippen LogP contribution is -2.19. The Labute approximate surface area is 103 Å². The molecule has 0 amide bonds. The van der Waals surface area contributed by atoms with E-state index < -0.39 is 0 Å². The van der Waals surface area contributed by atoms with Crippen molar-refractivity contribution in [1.82, 2.24) is 0 Å². The van der Waals surface area contributed by atoms with Crippen LogP contribution < -0.4 is 15.2 Å². The molecule has 1 aromatic rings. The van der Waals surface area contributed by atoms with Gasteiger partial charge in [-0.05, 0) is 49.4 Å². The molecule has 2 N–H and O–H groups in total. The molecule has 17 heavy (non-hydrogen) atoms. The first-order valence-electron chi connectivity index (χ1n) is 6.27. The summed E-state index contributed by atoms with van der Waals surface area (Å²) < 4.78 is 11.1. The van der Waals surface area contributed by atoms with Gasteiger partial charge in [0.05, 0.1) is 13.7 Å². The van der Waals surface area contributed by atoms with E-state index in [4.69, 9.17) is 15.2 Å². The summed E-state index contributed by atoms with van der Waals surface area (Å²) in [5, 5.41) is 0. The minimum atomic E-state index is 0.475. The highest BCUT2D eigenvalue weighted by molar-refractivity contribution is 5.43. The second kappa shape index (κ2) is 5.41. The molecule has 1 heterocycles. The van der Waals surface area contributed by atoms with Gasteiger partial charge in [0.2, 0.25) is 0 Å². The Balaban J connectivity index is 2.38. The molecule has 2 atom stereocenters. The summed E-state index contributed by atoms with van der Waals surface area (Å²) in [6.07, 6.45) is 2.23. The van der Waals surface area contributed by atoms with E-state index in [2.05, 4.69) is 13.0 Å². The van der Waals surface area contributed by atoms with E-state index in [1.54, 1.807) is 7.11 Å². The molecule has 0 bridgehead atoms. The van der Waals surface area contributed by atoms with E-state index >= 15 is 0 Å². The minimum Gasteiger partial charge on any atom is -0.497 e. The van der Waals surface area contributed by atoms with Gasteiger partial charge < -0.3 is 15.2 Å². The number of hydrogen-bond donors (Lipinski definition) is 1. The van der Waals surface area contributed by atoms with Gasteiger partial charge in [-0.2, -0.15) is 0 Å². The number of fused-ring (bicyclic) bond motifs is 1. The van der Waals surface area contributed by atoms with Gasteiger partial charge in [-0.1, -0.05) is 6.92 Å². The fourth-order valence-corrected chi connectivity index (χ4v) is 2.47. The van der Waals surface area contributed by atoms with Crippen molar-refractivity contribution < 1.29 is 9.47 Å². The number of nitrogens with two attached hydrogens (primary N) is 1. The maximum absolute atomic E-state index is 5.81. The van der Waals surface area contributed by atoms with Crippen molar-refractivity contribution in [2.75, 3.05) is 20.3 Å². The van der Waals surface area contributed by atoms with Gasteiger partial charge in [0.15, 0.2) is 0 Å². The van der Waals surface area contributed by atoms with E-state index in [-0.39, 0.29) is 0 Å². The maximum Gasteiger partial charge on any atom is 0.123 e. The largest absolute Gasteiger partial charge is 0.497 e. The summed E-state index contributed by atoms with van der Waals surface area (Å²) in [5.41, 5.74) is 7.06. The third-order valence-electron chi connectivity index (χ3n) is 3.59. The van der Waals surface area contributed by atoms with E-state index in [1.165, 1.54) is 5.56 Å². The third kappa shape index (κ3) is 2.55. The molecule has 3 nitrogen and oxygen atoms in total.